The summed E-state index contributed by atoms with van der Waals surface area (Å²) in [6.07, 6.45) is -4.04. The molecule has 0 bridgehead atoms. The van der Waals surface area contributed by atoms with Crippen molar-refractivity contribution in [3.8, 4) is 11.5 Å². The van der Waals surface area contributed by atoms with Gasteiger partial charge in [-0.25, -0.2) is 0 Å². The number of nitrogens with one attached hydrogen (secondary N) is 1. The van der Waals surface area contributed by atoms with Crippen LogP contribution in [0.4, 0.5) is 13.2 Å². The first kappa shape index (κ1) is 16.1. The third kappa shape index (κ3) is 6.86. The maximum Gasteiger partial charge on any atom is 0.405 e. The Bertz CT molecular complexity index is 418. The van der Waals surface area contributed by atoms with Gasteiger partial charge in [-0.3, -0.25) is 4.79 Å². The van der Waals surface area contributed by atoms with Crippen molar-refractivity contribution in [2.45, 2.75) is 19.0 Å². The fourth-order valence-electron chi connectivity index (χ4n) is 1.38. The zero-order valence-electron chi connectivity index (χ0n) is 11.0. The minimum atomic E-state index is -4.38. The van der Waals surface area contributed by atoms with E-state index in [1.54, 1.807) is 36.7 Å². The Labute approximate surface area is 114 Å². The largest absolute Gasteiger partial charge is 0.497 e. The quantitative estimate of drug-likeness (QED) is 0.785. The minimum absolute atomic E-state index is 0.00770. The van der Waals surface area contributed by atoms with Crippen molar-refractivity contribution < 1.29 is 27.4 Å². The first-order valence-corrected chi connectivity index (χ1v) is 6.01. The normalized spacial score (nSPS) is 11.0. The Kier molecular flexibility index (Phi) is 6.14. The van der Waals surface area contributed by atoms with Crippen LogP contribution in [-0.2, 0) is 4.79 Å². The van der Waals surface area contributed by atoms with Crippen LogP contribution in [0.3, 0.4) is 0 Å². The highest BCUT2D eigenvalue weighted by Gasteiger charge is 2.27. The second-order valence-electron chi connectivity index (χ2n) is 4.02. The average Bonchev–Trinajstić information content (AvgIpc) is 2.41. The second-order valence-corrected chi connectivity index (χ2v) is 4.02. The molecular formula is C13H16F3NO3. The number of amides is 1. The van der Waals surface area contributed by atoms with Gasteiger partial charge in [0.15, 0.2) is 0 Å². The molecule has 0 saturated heterocycles. The lowest BCUT2D eigenvalue weighted by Gasteiger charge is -2.09. The van der Waals surface area contributed by atoms with Gasteiger partial charge in [-0.2, -0.15) is 13.2 Å². The Hall–Kier alpha value is -1.92. The topological polar surface area (TPSA) is 47.6 Å². The molecule has 1 rings (SSSR count). The zero-order valence-corrected chi connectivity index (χ0v) is 11.0. The molecule has 0 heterocycles. The summed E-state index contributed by atoms with van der Waals surface area (Å²) in [6.45, 7) is -1.04. The average molecular weight is 291 g/mol. The van der Waals surface area contributed by atoms with Gasteiger partial charge in [0.25, 0.3) is 0 Å². The maximum atomic E-state index is 11.8. The molecule has 1 N–H and O–H groups in total. The van der Waals surface area contributed by atoms with Crippen molar-refractivity contribution >= 4 is 5.91 Å². The van der Waals surface area contributed by atoms with Crippen LogP contribution in [0.2, 0.25) is 0 Å². The van der Waals surface area contributed by atoms with Crippen LogP contribution in [0, 0.1) is 0 Å². The van der Waals surface area contributed by atoms with Gasteiger partial charge in [0.1, 0.15) is 18.0 Å². The van der Waals surface area contributed by atoms with Crippen molar-refractivity contribution in [1.82, 2.24) is 5.32 Å². The number of alkyl halides is 3. The highest BCUT2D eigenvalue weighted by atomic mass is 19.4. The highest BCUT2D eigenvalue weighted by Crippen LogP contribution is 2.17. The van der Waals surface area contributed by atoms with E-state index in [2.05, 4.69) is 0 Å². The first-order valence-electron chi connectivity index (χ1n) is 6.01. The van der Waals surface area contributed by atoms with Gasteiger partial charge in [-0.05, 0) is 30.7 Å². The lowest BCUT2D eigenvalue weighted by Crippen LogP contribution is -2.33. The standard InChI is InChI=1S/C13H16F3NO3/c1-19-10-4-6-11(7-5-10)20-8-2-3-12(18)17-9-13(14,15)16/h4-7H,2-3,8-9H2,1H3,(H,17,18). The summed E-state index contributed by atoms with van der Waals surface area (Å²) in [5.74, 6) is 0.672. The Morgan fingerprint density at radius 2 is 1.80 bits per heavy atom. The van der Waals surface area contributed by atoms with E-state index in [4.69, 9.17) is 9.47 Å². The number of carbonyl (C=O) groups is 1. The van der Waals surface area contributed by atoms with Gasteiger partial charge in [-0.1, -0.05) is 0 Å². The molecule has 0 aromatic heterocycles. The molecule has 0 aliphatic carbocycles. The van der Waals surface area contributed by atoms with Crippen molar-refractivity contribution in [3.63, 3.8) is 0 Å². The summed E-state index contributed by atoms with van der Waals surface area (Å²) >= 11 is 0. The predicted octanol–water partition coefficient (Wildman–Crippen LogP) is 2.53. The number of benzene rings is 1. The molecule has 0 unspecified atom stereocenters. The highest BCUT2D eigenvalue weighted by molar-refractivity contribution is 5.75. The van der Waals surface area contributed by atoms with Gasteiger partial charge < -0.3 is 14.8 Å². The molecule has 0 aliphatic rings. The predicted molar refractivity (Wildman–Crippen MR) is 66.8 cm³/mol. The smallest absolute Gasteiger partial charge is 0.405 e. The number of methoxy groups -OCH3 is 1. The minimum Gasteiger partial charge on any atom is -0.497 e. The lowest BCUT2D eigenvalue weighted by molar-refractivity contribution is -0.138. The van der Waals surface area contributed by atoms with E-state index in [0.717, 1.165) is 0 Å². The molecular weight excluding hydrogens is 275 g/mol. The molecule has 1 amide bonds. The molecule has 0 radical (unpaired) electrons. The van der Waals surface area contributed by atoms with Crippen molar-refractivity contribution in [3.05, 3.63) is 24.3 Å². The first-order chi connectivity index (χ1) is 9.40. The molecule has 0 aliphatic heterocycles. The Morgan fingerprint density at radius 1 is 1.20 bits per heavy atom. The summed E-state index contributed by atoms with van der Waals surface area (Å²) in [7, 11) is 1.55. The molecule has 0 atom stereocenters. The van der Waals surface area contributed by atoms with Crippen LogP contribution in [-0.4, -0.2) is 32.3 Å². The van der Waals surface area contributed by atoms with E-state index >= 15 is 0 Å². The second kappa shape index (κ2) is 7.62. The zero-order chi connectivity index (χ0) is 15.0. The number of hydrogen-bond donors (Lipinski definition) is 1. The van der Waals surface area contributed by atoms with E-state index < -0.39 is 18.6 Å². The maximum absolute atomic E-state index is 11.8. The van der Waals surface area contributed by atoms with Crippen molar-refractivity contribution in [1.29, 1.82) is 0 Å². The summed E-state index contributed by atoms with van der Waals surface area (Å²) < 4.78 is 45.8. The Balaban J connectivity index is 2.16. The van der Waals surface area contributed by atoms with Crippen LogP contribution in [0.25, 0.3) is 0 Å². The lowest BCUT2D eigenvalue weighted by atomic mass is 10.3. The van der Waals surface area contributed by atoms with E-state index in [0.29, 0.717) is 17.9 Å². The van der Waals surface area contributed by atoms with Crippen molar-refractivity contribution in [2.75, 3.05) is 20.3 Å². The molecule has 0 spiro atoms. The molecule has 7 heteroatoms. The van der Waals surface area contributed by atoms with Crippen LogP contribution >= 0.6 is 0 Å². The van der Waals surface area contributed by atoms with Gasteiger partial charge in [0.05, 0.1) is 13.7 Å². The van der Waals surface area contributed by atoms with Gasteiger partial charge >= 0.3 is 6.18 Å². The monoisotopic (exact) mass is 291 g/mol. The van der Waals surface area contributed by atoms with Gasteiger partial charge in [-0.15, -0.1) is 0 Å². The van der Waals surface area contributed by atoms with E-state index in [1.165, 1.54) is 0 Å². The summed E-state index contributed by atoms with van der Waals surface area (Å²) in [5.41, 5.74) is 0. The van der Waals surface area contributed by atoms with E-state index in [9.17, 15) is 18.0 Å². The molecule has 1 aromatic carbocycles. The number of carbonyl (C=O) groups excluding carboxylic acids is 1. The van der Waals surface area contributed by atoms with Crippen LogP contribution < -0.4 is 14.8 Å². The van der Waals surface area contributed by atoms with Crippen LogP contribution in [0.15, 0.2) is 24.3 Å². The number of halogens is 3. The molecule has 20 heavy (non-hydrogen) atoms. The summed E-state index contributed by atoms with van der Waals surface area (Å²) in [4.78, 5) is 11.1. The molecule has 112 valence electrons. The SMILES string of the molecule is COc1ccc(OCCCC(=O)NCC(F)(F)F)cc1. The van der Waals surface area contributed by atoms with E-state index in [-0.39, 0.29) is 13.0 Å². The fourth-order valence-corrected chi connectivity index (χ4v) is 1.38. The number of hydrogen-bond acceptors (Lipinski definition) is 3. The van der Waals surface area contributed by atoms with Crippen LogP contribution in [0.5, 0.6) is 11.5 Å². The van der Waals surface area contributed by atoms with Gasteiger partial charge in [0.2, 0.25) is 5.91 Å². The third-order valence-corrected chi connectivity index (χ3v) is 2.36. The number of ether oxygens (including phenoxy) is 2. The van der Waals surface area contributed by atoms with Crippen molar-refractivity contribution in [2.24, 2.45) is 0 Å². The van der Waals surface area contributed by atoms with Gasteiger partial charge in [0, 0.05) is 6.42 Å². The molecule has 0 fully saturated rings. The molecule has 0 saturated carbocycles. The Morgan fingerprint density at radius 3 is 2.35 bits per heavy atom. The molecule has 1 aromatic rings. The number of rotatable bonds is 7. The summed E-state index contributed by atoms with van der Waals surface area (Å²) in [6, 6.07) is 6.88. The van der Waals surface area contributed by atoms with E-state index in [1.807, 2.05) is 0 Å². The third-order valence-electron chi connectivity index (χ3n) is 2.36. The fraction of sp³-hybridized carbons (Fsp3) is 0.462. The van der Waals surface area contributed by atoms with Crippen LogP contribution in [0.1, 0.15) is 12.8 Å². The molecule has 4 nitrogen and oxygen atoms in total. The summed E-state index contributed by atoms with van der Waals surface area (Å²) in [5, 5.41) is 1.80.